The van der Waals surface area contributed by atoms with Gasteiger partial charge in [-0.25, -0.2) is 0 Å². The smallest absolute Gasteiger partial charge is 0.321 e. The summed E-state index contributed by atoms with van der Waals surface area (Å²) in [7, 11) is 0. The summed E-state index contributed by atoms with van der Waals surface area (Å²) in [5.74, 6) is 0.384. The lowest BCUT2D eigenvalue weighted by Crippen LogP contribution is -1.99. The molecule has 0 saturated heterocycles. The third-order valence-corrected chi connectivity index (χ3v) is 1.12. The Bertz CT molecular complexity index is 236. The molecule has 0 saturated carbocycles. The highest BCUT2D eigenvalue weighted by Crippen LogP contribution is 2.08. The van der Waals surface area contributed by atoms with E-state index < -0.39 is 11.4 Å². The molecule has 0 spiro atoms. The summed E-state index contributed by atoms with van der Waals surface area (Å²) in [6.45, 7) is 0. The van der Waals surface area contributed by atoms with Crippen LogP contribution in [0.3, 0.4) is 0 Å². The average Bonchev–Trinajstić information content (AvgIpc) is 2.03. The van der Waals surface area contributed by atoms with Gasteiger partial charge in [0.25, 0.3) is 0 Å². The largest absolute Gasteiger partial charge is 0.340 e. The van der Waals surface area contributed by atoms with Gasteiger partial charge in [-0.2, -0.15) is 4.21 Å². The zero-order valence-corrected chi connectivity index (χ0v) is 6.28. The van der Waals surface area contributed by atoms with Gasteiger partial charge in [0.15, 0.2) is 5.75 Å². The van der Waals surface area contributed by atoms with Crippen LogP contribution in [0.5, 0.6) is 5.75 Å². The van der Waals surface area contributed by atoms with Crippen molar-refractivity contribution < 1.29 is 18.0 Å². The predicted octanol–water partition coefficient (Wildman–Crippen LogP) is 1.13. The Labute approximate surface area is 66.2 Å². The molecule has 1 aromatic rings. The molecular weight excluding hydrogens is 168 g/mol. The van der Waals surface area contributed by atoms with Crippen LogP contribution in [0.25, 0.3) is 0 Å². The van der Waals surface area contributed by atoms with Crippen LogP contribution in [0.2, 0.25) is 0 Å². The molecule has 0 radical (unpaired) electrons. The van der Waals surface area contributed by atoms with Crippen molar-refractivity contribution in [3.8, 4) is 5.75 Å². The van der Waals surface area contributed by atoms with E-state index in [1.807, 2.05) is 0 Å². The van der Waals surface area contributed by atoms with Crippen molar-refractivity contribution in [2.45, 2.75) is 0 Å². The first kappa shape index (κ1) is 8.19. The molecule has 0 amide bonds. The molecule has 11 heavy (non-hydrogen) atoms. The second kappa shape index (κ2) is 4.07. The Kier molecular flexibility index (Phi) is 3.03. The second-order valence-corrected chi connectivity index (χ2v) is 2.25. The molecule has 0 aliphatic rings. The molecule has 1 unspecified atom stereocenters. The van der Waals surface area contributed by atoms with Crippen LogP contribution in [0.4, 0.5) is 0 Å². The molecule has 1 atom stereocenters. The van der Waals surface area contributed by atoms with Gasteiger partial charge < -0.3 is 4.89 Å². The molecule has 1 aromatic carbocycles. The molecule has 0 aromatic heterocycles. The van der Waals surface area contributed by atoms with Crippen LogP contribution < -0.4 is 4.89 Å². The molecular formula is C6H6O4S. The minimum absolute atomic E-state index is 0.384. The summed E-state index contributed by atoms with van der Waals surface area (Å²) in [5.41, 5.74) is 0. The fourth-order valence-corrected chi connectivity index (χ4v) is 0.681. The minimum Gasteiger partial charge on any atom is -0.321 e. The van der Waals surface area contributed by atoms with Crippen molar-refractivity contribution in [2.75, 3.05) is 0 Å². The fourth-order valence-electron chi connectivity index (χ4n) is 0.544. The van der Waals surface area contributed by atoms with E-state index in [2.05, 4.69) is 9.22 Å². The molecule has 1 N–H and O–H groups in total. The van der Waals surface area contributed by atoms with Crippen molar-refractivity contribution in [3.63, 3.8) is 0 Å². The molecule has 0 aliphatic carbocycles. The van der Waals surface area contributed by atoms with Crippen LogP contribution in [-0.4, -0.2) is 8.76 Å². The molecule has 60 valence electrons. The quantitative estimate of drug-likeness (QED) is 0.424. The number of hydrogen-bond donors (Lipinski definition) is 1. The van der Waals surface area contributed by atoms with E-state index in [0.717, 1.165) is 0 Å². The first-order chi connectivity index (χ1) is 5.29. The molecule has 0 fully saturated rings. The summed E-state index contributed by atoms with van der Waals surface area (Å²) in [5, 5.41) is 0. The van der Waals surface area contributed by atoms with Crippen molar-refractivity contribution in [2.24, 2.45) is 0 Å². The Balaban J connectivity index is 2.45. The fraction of sp³-hybridized carbons (Fsp3) is 0. The zero-order valence-electron chi connectivity index (χ0n) is 5.47. The lowest BCUT2D eigenvalue weighted by Gasteiger charge is -1.97. The lowest BCUT2D eigenvalue weighted by atomic mass is 10.3. The van der Waals surface area contributed by atoms with Gasteiger partial charge in [0.2, 0.25) is 0 Å². The summed E-state index contributed by atoms with van der Waals surface area (Å²) in [6, 6.07) is 8.44. The first-order valence-electron chi connectivity index (χ1n) is 2.80. The van der Waals surface area contributed by atoms with Crippen molar-refractivity contribution in [1.82, 2.24) is 0 Å². The Morgan fingerprint density at radius 1 is 1.27 bits per heavy atom. The number of para-hydroxylation sites is 1. The predicted molar refractivity (Wildman–Crippen MR) is 38.9 cm³/mol. The molecule has 5 heteroatoms. The van der Waals surface area contributed by atoms with E-state index in [1.165, 1.54) is 0 Å². The molecule has 0 aliphatic heterocycles. The van der Waals surface area contributed by atoms with E-state index in [4.69, 9.17) is 4.55 Å². The standard InChI is InChI=1S/C6H6O4S/c7-11(8)10-9-6-4-2-1-3-5-6/h1-5H,(H,7,8). The maximum absolute atomic E-state index is 9.94. The normalized spacial score (nSPS) is 12.5. The third kappa shape index (κ3) is 3.13. The van der Waals surface area contributed by atoms with Crippen LogP contribution >= 0.6 is 0 Å². The highest BCUT2D eigenvalue weighted by molar-refractivity contribution is 7.74. The Hall–Kier alpha value is -0.910. The molecule has 0 bridgehead atoms. The topological polar surface area (TPSA) is 55.8 Å². The summed E-state index contributed by atoms with van der Waals surface area (Å²) in [6.07, 6.45) is 0. The first-order valence-corrected chi connectivity index (χ1v) is 3.83. The number of benzene rings is 1. The van der Waals surface area contributed by atoms with Gasteiger partial charge in [-0.1, -0.05) is 22.5 Å². The maximum atomic E-state index is 9.94. The van der Waals surface area contributed by atoms with Gasteiger partial charge in [-0.15, -0.1) is 0 Å². The summed E-state index contributed by atoms with van der Waals surface area (Å²) in [4.78, 5) is 4.42. The zero-order chi connectivity index (χ0) is 8.10. The Morgan fingerprint density at radius 3 is 2.45 bits per heavy atom. The van der Waals surface area contributed by atoms with Gasteiger partial charge in [0.1, 0.15) is 0 Å². The third-order valence-electron chi connectivity index (χ3n) is 0.932. The van der Waals surface area contributed by atoms with E-state index in [9.17, 15) is 4.21 Å². The summed E-state index contributed by atoms with van der Waals surface area (Å²) >= 11 is -2.39. The molecule has 0 heterocycles. The van der Waals surface area contributed by atoms with Crippen molar-refractivity contribution >= 4 is 11.4 Å². The number of hydrogen-bond acceptors (Lipinski definition) is 3. The van der Waals surface area contributed by atoms with Gasteiger partial charge in [0.05, 0.1) is 0 Å². The van der Waals surface area contributed by atoms with Crippen LogP contribution in [0, 0.1) is 0 Å². The van der Waals surface area contributed by atoms with Crippen molar-refractivity contribution in [1.29, 1.82) is 0 Å². The van der Waals surface area contributed by atoms with Crippen LogP contribution in [0.15, 0.2) is 30.3 Å². The molecule has 4 nitrogen and oxygen atoms in total. The highest BCUT2D eigenvalue weighted by Gasteiger charge is 1.95. The van der Waals surface area contributed by atoms with Gasteiger partial charge in [-0.3, -0.25) is 4.55 Å². The molecule has 1 rings (SSSR count). The average molecular weight is 174 g/mol. The monoisotopic (exact) mass is 174 g/mol. The van der Waals surface area contributed by atoms with E-state index in [-0.39, 0.29) is 0 Å². The van der Waals surface area contributed by atoms with E-state index in [1.54, 1.807) is 30.3 Å². The lowest BCUT2D eigenvalue weighted by molar-refractivity contribution is -0.0938. The summed E-state index contributed by atoms with van der Waals surface area (Å²) < 4.78 is 22.0. The van der Waals surface area contributed by atoms with Crippen LogP contribution in [0.1, 0.15) is 0 Å². The number of rotatable bonds is 3. The van der Waals surface area contributed by atoms with Gasteiger partial charge >= 0.3 is 11.4 Å². The van der Waals surface area contributed by atoms with E-state index in [0.29, 0.717) is 5.75 Å². The Morgan fingerprint density at radius 2 is 1.91 bits per heavy atom. The maximum Gasteiger partial charge on any atom is 0.340 e. The van der Waals surface area contributed by atoms with Crippen molar-refractivity contribution in [3.05, 3.63) is 30.3 Å². The highest BCUT2D eigenvalue weighted by atomic mass is 32.2. The minimum atomic E-state index is -2.39. The van der Waals surface area contributed by atoms with Gasteiger partial charge in [-0.05, 0) is 12.1 Å². The second-order valence-electron chi connectivity index (χ2n) is 1.68. The van der Waals surface area contributed by atoms with Crippen LogP contribution in [-0.2, 0) is 15.7 Å². The van der Waals surface area contributed by atoms with Gasteiger partial charge in [0, 0.05) is 0 Å². The SMILES string of the molecule is O=S(O)OOc1ccccc1. The van der Waals surface area contributed by atoms with E-state index >= 15 is 0 Å².